The van der Waals surface area contributed by atoms with Crippen LogP contribution in [0.3, 0.4) is 0 Å². The van der Waals surface area contributed by atoms with Gasteiger partial charge in [-0.25, -0.2) is 0 Å². The van der Waals surface area contributed by atoms with Crippen LogP contribution in [0.2, 0.25) is 0 Å². The van der Waals surface area contributed by atoms with Gasteiger partial charge in [-0.05, 0) is 31.7 Å². The Balaban J connectivity index is 2.50. The molecule has 0 aliphatic heterocycles. The fourth-order valence-corrected chi connectivity index (χ4v) is 3.04. The normalized spacial score (nSPS) is 12.4. The Labute approximate surface area is 122 Å². The van der Waals surface area contributed by atoms with Gasteiger partial charge in [0.15, 0.2) is 0 Å². The summed E-state index contributed by atoms with van der Waals surface area (Å²) >= 11 is 1.53. The van der Waals surface area contributed by atoms with E-state index in [0.29, 0.717) is 5.75 Å². The third kappa shape index (κ3) is 3.02. The fraction of sp³-hybridized carbons (Fsp3) is 0.312. The Morgan fingerprint density at radius 1 is 1.20 bits per heavy atom. The van der Waals surface area contributed by atoms with Gasteiger partial charge in [0.2, 0.25) is 0 Å². The van der Waals surface area contributed by atoms with Crippen LogP contribution in [0.1, 0.15) is 32.3 Å². The van der Waals surface area contributed by atoms with E-state index in [1.54, 1.807) is 6.92 Å². The predicted molar refractivity (Wildman–Crippen MR) is 81.6 cm³/mol. The molecule has 106 valence electrons. The lowest BCUT2D eigenvalue weighted by Crippen LogP contribution is -2.11. The summed E-state index contributed by atoms with van der Waals surface area (Å²) in [6.45, 7) is 5.58. The highest BCUT2D eigenvalue weighted by atomic mass is 32.1. The largest absolute Gasteiger partial charge is 0.489 e. The number of rotatable bonds is 5. The van der Waals surface area contributed by atoms with Gasteiger partial charge in [0, 0.05) is 5.56 Å². The maximum absolute atomic E-state index is 11.2. The van der Waals surface area contributed by atoms with Crippen LogP contribution in [-0.4, -0.2) is 17.2 Å². The summed E-state index contributed by atoms with van der Waals surface area (Å²) in [4.78, 5) is 12.2. The molecular weight excluding hydrogens is 272 g/mol. The first kappa shape index (κ1) is 14.6. The first-order valence-electron chi connectivity index (χ1n) is 6.57. The Bertz CT molecular complexity index is 587. The second-order valence-electron chi connectivity index (χ2n) is 4.94. The lowest BCUT2D eigenvalue weighted by molar-refractivity contribution is -0.138. The predicted octanol–water partition coefficient (Wildman–Crippen LogP) is 4.39. The Hall–Kier alpha value is -1.81. The summed E-state index contributed by atoms with van der Waals surface area (Å²) in [6, 6.07) is 9.91. The summed E-state index contributed by atoms with van der Waals surface area (Å²) in [6.07, 6.45) is 0.00630. The average Bonchev–Trinajstić information content (AvgIpc) is 2.81. The molecule has 0 bridgehead atoms. The van der Waals surface area contributed by atoms with E-state index >= 15 is 0 Å². The van der Waals surface area contributed by atoms with E-state index in [-0.39, 0.29) is 6.10 Å². The Kier molecular flexibility index (Phi) is 4.45. The van der Waals surface area contributed by atoms with Crippen molar-refractivity contribution in [2.24, 2.45) is 0 Å². The minimum atomic E-state index is -0.837. The second-order valence-corrected chi connectivity index (χ2v) is 5.82. The fourth-order valence-electron chi connectivity index (χ4n) is 1.94. The monoisotopic (exact) mass is 290 g/mol. The van der Waals surface area contributed by atoms with E-state index in [1.807, 2.05) is 49.6 Å². The number of thiophene rings is 1. The zero-order chi connectivity index (χ0) is 14.7. The molecule has 0 saturated heterocycles. The number of carbonyl (C=O) groups is 1. The van der Waals surface area contributed by atoms with Crippen molar-refractivity contribution in [3.63, 3.8) is 0 Å². The molecule has 0 fully saturated rings. The molecule has 1 unspecified atom stereocenters. The lowest BCUT2D eigenvalue weighted by atomic mass is 10.0. The Morgan fingerprint density at radius 3 is 2.40 bits per heavy atom. The molecular formula is C16H18O3S. The van der Waals surface area contributed by atoms with Gasteiger partial charge < -0.3 is 9.84 Å². The highest BCUT2D eigenvalue weighted by Crippen LogP contribution is 2.43. The van der Waals surface area contributed by atoms with E-state index in [0.717, 1.165) is 16.0 Å². The van der Waals surface area contributed by atoms with Crippen molar-refractivity contribution in [2.75, 3.05) is 0 Å². The summed E-state index contributed by atoms with van der Waals surface area (Å²) in [7, 11) is 0. The third-order valence-corrected chi connectivity index (χ3v) is 4.03. The van der Waals surface area contributed by atoms with Crippen molar-refractivity contribution in [2.45, 2.75) is 32.8 Å². The second kappa shape index (κ2) is 6.09. The minimum Gasteiger partial charge on any atom is -0.489 e. The van der Waals surface area contributed by atoms with E-state index < -0.39 is 11.9 Å². The smallest absolute Gasteiger partial charge is 0.310 e. The standard InChI is InChI=1S/C16H18O3S/c1-10(2)19-14-13(11(3)16(17)18)9-20-15(14)12-7-5-4-6-8-12/h4-11H,1-3H3,(H,17,18). The average molecular weight is 290 g/mol. The van der Waals surface area contributed by atoms with Gasteiger partial charge in [0.1, 0.15) is 5.75 Å². The molecule has 1 aromatic carbocycles. The van der Waals surface area contributed by atoms with Crippen LogP contribution in [-0.2, 0) is 4.79 Å². The number of carboxylic acid groups (broad SMARTS) is 1. The molecule has 4 heteroatoms. The Morgan fingerprint density at radius 2 is 1.85 bits per heavy atom. The molecule has 2 aromatic rings. The summed E-state index contributed by atoms with van der Waals surface area (Å²) in [5.74, 6) is -0.709. The van der Waals surface area contributed by atoms with Gasteiger partial charge in [0.05, 0.1) is 16.9 Å². The number of hydrogen-bond donors (Lipinski definition) is 1. The quantitative estimate of drug-likeness (QED) is 0.888. The highest BCUT2D eigenvalue weighted by molar-refractivity contribution is 7.14. The molecule has 1 aromatic heterocycles. The number of carboxylic acids is 1. The van der Waals surface area contributed by atoms with E-state index in [1.165, 1.54) is 11.3 Å². The van der Waals surface area contributed by atoms with Crippen LogP contribution in [0.25, 0.3) is 10.4 Å². The van der Waals surface area contributed by atoms with Crippen LogP contribution in [0.4, 0.5) is 0 Å². The van der Waals surface area contributed by atoms with Crippen molar-refractivity contribution < 1.29 is 14.6 Å². The van der Waals surface area contributed by atoms with Crippen molar-refractivity contribution in [1.29, 1.82) is 0 Å². The molecule has 1 heterocycles. The molecule has 0 spiro atoms. The third-order valence-electron chi connectivity index (χ3n) is 3.00. The van der Waals surface area contributed by atoms with Crippen LogP contribution >= 0.6 is 11.3 Å². The van der Waals surface area contributed by atoms with E-state index in [2.05, 4.69) is 0 Å². The minimum absolute atomic E-state index is 0.00630. The van der Waals surface area contributed by atoms with Crippen molar-refractivity contribution >= 4 is 17.3 Å². The SMILES string of the molecule is CC(C)Oc1c(C(C)C(=O)O)csc1-c1ccccc1. The van der Waals surface area contributed by atoms with Gasteiger partial charge in [-0.15, -0.1) is 11.3 Å². The summed E-state index contributed by atoms with van der Waals surface area (Å²) in [5, 5.41) is 11.1. The van der Waals surface area contributed by atoms with Gasteiger partial charge >= 0.3 is 5.97 Å². The zero-order valence-corrected chi connectivity index (χ0v) is 12.6. The van der Waals surface area contributed by atoms with Crippen LogP contribution in [0.15, 0.2) is 35.7 Å². The molecule has 2 rings (SSSR count). The molecule has 1 N–H and O–H groups in total. The summed E-state index contributed by atoms with van der Waals surface area (Å²) < 4.78 is 5.89. The maximum Gasteiger partial charge on any atom is 0.310 e. The van der Waals surface area contributed by atoms with Crippen molar-refractivity contribution in [1.82, 2.24) is 0 Å². The summed E-state index contributed by atoms with van der Waals surface area (Å²) in [5.41, 5.74) is 1.80. The lowest BCUT2D eigenvalue weighted by Gasteiger charge is -2.15. The number of ether oxygens (including phenoxy) is 1. The maximum atomic E-state index is 11.2. The molecule has 3 nitrogen and oxygen atoms in total. The van der Waals surface area contributed by atoms with Crippen LogP contribution < -0.4 is 4.74 Å². The van der Waals surface area contributed by atoms with Crippen LogP contribution in [0, 0.1) is 0 Å². The first-order chi connectivity index (χ1) is 9.50. The highest BCUT2D eigenvalue weighted by Gasteiger charge is 2.24. The van der Waals surface area contributed by atoms with Gasteiger partial charge in [-0.2, -0.15) is 0 Å². The molecule has 0 aliphatic carbocycles. The number of benzene rings is 1. The van der Waals surface area contributed by atoms with Gasteiger partial charge in [-0.3, -0.25) is 4.79 Å². The molecule has 1 atom stereocenters. The molecule has 0 radical (unpaired) electrons. The molecule has 0 amide bonds. The van der Waals surface area contributed by atoms with Crippen molar-refractivity contribution in [3.8, 4) is 16.2 Å². The first-order valence-corrected chi connectivity index (χ1v) is 7.45. The topological polar surface area (TPSA) is 46.5 Å². The number of hydrogen-bond acceptors (Lipinski definition) is 3. The van der Waals surface area contributed by atoms with Crippen molar-refractivity contribution in [3.05, 3.63) is 41.3 Å². The van der Waals surface area contributed by atoms with Crippen LogP contribution in [0.5, 0.6) is 5.75 Å². The molecule has 20 heavy (non-hydrogen) atoms. The zero-order valence-electron chi connectivity index (χ0n) is 11.8. The van der Waals surface area contributed by atoms with Gasteiger partial charge in [0.25, 0.3) is 0 Å². The van der Waals surface area contributed by atoms with Gasteiger partial charge in [-0.1, -0.05) is 30.3 Å². The molecule has 0 aliphatic rings. The molecule has 0 saturated carbocycles. The van der Waals surface area contributed by atoms with E-state index in [4.69, 9.17) is 4.74 Å². The van der Waals surface area contributed by atoms with E-state index in [9.17, 15) is 9.90 Å². The number of aliphatic carboxylic acids is 1.